The van der Waals surface area contributed by atoms with Crippen LogP contribution in [0.5, 0.6) is 0 Å². The van der Waals surface area contributed by atoms with Crippen LogP contribution < -0.4 is 0 Å². The molecule has 3 heteroatoms. The quantitative estimate of drug-likeness (QED) is 0.320. The molecule has 0 amide bonds. The van der Waals surface area contributed by atoms with Crippen molar-refractivity contribution in [1.82, 2.24) is 9.97 Å². The smallest absolute Gasteiger partial charge is 0.116 e. The first kappa shape index (κ1) is 15.2. The van der Waals surface area contributed by atoms with Gasteiger partial charge in [0.25, 0.3) is 0 Å². The average Bonchev–Trinajstić information content (AvgIpc) is 3.07. The molecule has 0 fully saturated rings. The Morgan fingerprint density at radius 2 is 1.79 bits per heavy atom. The average molecular weight is 385 g/mol. The van der Waals surface area contributed by atoms with Crippen molar-refractivity contribution in [1.29, 1.82) is 0 Å². The molecule has 5 aromatic rings. The van der Waals surface area contributed by atoms with Crippen LogP contribution in [0, 0.1) is 5.41 Å². The lowest BCUT2D eigenvalue weighted by molar-refractivity contribution is 0.411. The topological polar surface area (TPSA) is 25.8 Å². The van der Waals surface area contributed by atoms with Gasteiger partial charge in [0.05, 0.1) is 18.7 Å². The van der Waals surface area contributed by atoms with E-state index in [4.69, 9.17) is 2.74 Å². The van der Waals surface area contributed by atoms with Crippen molar-refractivity contribution in [2.75, 3.05) is 0 Å². The maximum Gasteiger partial charge on any atom is 0.116 e. The van der Waals surface area contributed by atoms with Crippen LogP contribution in [0.2, 0.25) is 0 Å². The van der Waals surface area contributed by atoms with Crippen molar-refractivity contribution in [2.45, 2.75) is 27.2 Å². The second-order valence-corrected chi connectivity index (χ2v) is 9.52. The third-order valence-corrected chi connectivity index (χ3v) is 6.05. The molecule has 0 spiro atoms. The van der Waals surface area contributed by atoms with Crippen LogP contribution in [-0.4, -0.2) is 9.97 Å². The van der Waals surface area contributed by atoms with Crippen molar-refractivity contribution in [3.63, 3.8) is 0 Å². The molecule has 0 atom stereocenters. The lowest BCUT2D eigenvalue weighted by Gasteiger charge is -2.17. The lowest BCUT2D eigenvalue weighted by Crippen LogP contribution is -2.08. The van der Waals surface area contributed by atoms with Crippen LogP contribution in [-0.2, 0) is 6.42 Å². The Kier molecular flexibility index (Phi) is 3.46. The zero-order valence-corrected chi connectivity index (χ0v) is 17.0. The van der Waals surface area contributed by atoms with Crippen LogP contribution in [0.3, 0.4) is 0 Å². The second-order valence-electron chi connectivity index (χ2n) is 8.47. The zero-order chi connectivity index (χ0) is 21.0. The Morgan fingerprint density at radius 1 is 0.964 bits per heavy atom. The van der Waals surface area contributed by atoms with E-state index in [0.717, 1.165) is 38.5 Å². The van der Waals surface area contributed by atoms with E-state index in [0.29, 0.717) is 5.56 Å². The highest BCUT2D eigenvalue weighted by Crippen LogP contribution is 2.39. The molecular weight excluding hydrogens is 360 g/mol. The molecular formula is C25H22N2S. The summed E-state index contributed by atoms with van der Waals surface area (Å²) in [6.07, 6.45) is 2.59. The van der Waals surface area contributed by atoms with Crippen molar-refractivity contribution < 1.29 is 2.74 Å². The van der Waals surface area contributed by atoms with Crippen LogP contribution in [0.1, 0.15) is 29.1 Å². The first-order valence-corrected chi connectivity index (χ1v) is 10.3. The lowest BCUT2D eigenvalue weighted by atomic mass is 9.88. The van der Waals surface area contributed by atoms with E-state index >= 15 is 0 Å². The van der Waals surface area contributed by atoms with Crippen molar-refractivity contribution in [3.05, 3.63) is 72.5 Å². The number of fused-ring (bicyclic) bond motifs is 4. The molecule has 2 heterocycles. The minimum atomic E-state index is 0.208. The fraction of sp³-hybridized carbons (Fsp3) is 0.200. The highest BCUT2D eigenvalue weighted by atomic mass is 32.1. The summed E-state index contributed by atoms with van der Waals surface area (Å²) in [5.41, 5.74) is 3.89. The van der Waals surface area contributed by atoms with Gasteiger partial charge in [0.2, 0.25) is 0 Å². The summed E-state index contributed by atoms with van der Waals surface area (Å²) < 4.78 is 19.3. The summed E-state index contributed by atoms with van der Waals surface area (Å²) in [6.45, 7) is 6.75. The molecule has 3 aromatic carbocycles. The van der Waals surface area contributed by atoms with Gasteiger partial charge >= 0.3 is 0 Å². The van der Waals surface area contributed by atoms with Crippen LogP contribution >= 0.6 is 11.3 Å². The summed E-state index contributed by atoms with van der Waals surface area (Å²) in [7, 11) is 0. The molecule has 0 aliphatic heterocycles. The highest BCUT2D eigenvalue weighted by Gasteiger charge is 2.16. The van der Waals surface area contributed by atoms with Gasteiger partial charge in [-0.05, 0) is 40.3 Å². The number of thiophene rings is 1. The molecule has 138 valence electrons. The van der Waals surface area contributed by atoms with Crippen molar-refractivity contribution in [2.24, 2.45) is 5.41 Å². The van der Waals surface area contributed by atoms with E-state index in [1.54, 1.807) is 17.7 Å². The number of rotatable bonds is 2. The summed E-state index contributed by atoms with van der Waals surface area (Å²) in [4.78, 5) is 9.12. The van der Waals surface area contributed by atoms with Gasteiger partial charge in [-0.2, -0.15) is 0 Å². The maximum atomic E-state index is 8.61. The zero-order valence-electron chi connectivity index (χ0n) is 18.2. The van der Waals surface area contributed by atoms with Crippen LogP contribution in [0.4, 0.5) is 0 Å². The fourth-order valence-electron chi connectivity index (χ4n) is 3.72. The van der Waals surface area contributed by atoms with Crippen LogP contribution in [0.15, 0.2) is 66.9 Å². The van der Waals surface area contributed by atoms with Gasteiger partial charge in [-0.15, -0.1) is 11.3 Å². The van der Waals surface area contributed by atoms with Gasteiger partial charge in [0, 0.05) is 15.6 Å². The number of aromatic nitrogens is 2. The van der Waals surface area contributed by atoms with Crippen LogP contribution in [0.25, 0.3) is 42.3 Å². The Labute approximate surface area is 171 Å². The molecule has 0 unspecified atom stereocenters. The summed E-state index contributed by atoms with van der Waals surface area (Å²) >= 11 is 1.67. The number of hydrogen-bond donors (Lipinski definition) is 0. The van der Waals surface area contributed by atoms with E-state index in [1.165, 1.54) is 10.3 Å². The maximum absolute atomic E-state index is 8.61. The molecule has 0 aliphatic rings. The van der Waals surface area contributed by atoms with E-state index in [2.05, 4.69) is 48.9 Å². The number of hydrogen-bond acceptors (Lipinski definition) is 3. The number of nitrogens with zero attached hydrogens (tertiary/aromatic N) is 2. The molecule has 0 saturated carbocycles. The molecule has 2 aromatic heterocycles. The van der Waals surface area contributed by atoms with E-state index < -0.39 is 0 Å². The Morgan fingerprint density at radius 3 is 2.61 bits per heavy atom. The monoisotopic (exact) mass is 384 g/mol. The Bertz CT molecular complexity index is 1430. The fourth-order valence-corrected chi connectivity index (χ4v) is 4.95. The molecule has 0 saturated heterocycles. The molecule has 0 bridgehead atoms. The molecule has 0 N–H and O–H groups in total. The van der Waals surface area contributed by atoms with Gasteiger partial charge in [-0.1, -0.05) is 69.3 Å². The summed E-state index contributed by atoms with van der Waals surface area (Å²) in [5.74, 6) is 0. The SMILES string of the molecule is [2H]c1c(-c2ncnc3c2sc2cc(CC(C)(C)C)ccc23)cc2ccccc2c1[2H]. The van der Waals surface area contributed by atoms with E-state index in [1.807, 2.05) is 30.3 Å². The van der Waals surface area contributed by atoms with Gasteiger partial charge in [-0.25, -0.2) is 9.97 Å². The summed E-state index contributed by atoms with van der Waals surface area (Å²) in [6, 6.07) is 16.8. The van der Waals surface area contributed by atoms with Gasteiger partial charge in [0.15, 0.2) is 0 Å². The third kappa shape index (κ3) is 3.06. The van der Waals surface area contributed by atoms with Gasteiger partial charge < -0.3 is 0 Å². The third-order valence-electron chi connectivity index (χ3n) is 4.90. The summed E-state index contributed by atoms with van der Waals surface area (Å²) in [5, 5.41) is 2.86. The van der Waals surface area contributed by atoms with E-state index in [-0.39, 0.29) is 17.5 Å². The van der Waals surface area contributed by atoms with Gasteiger partial charge in [0.1, 0.15) is 6.33 Å². The Balaban J connectivity index is 1.75. The normalized spacial score (nSPS) is 13.2. The minimum absolute atomic E-state index is 0.208. The first-order chi connectivity index (χ1) is 14.3. The predicted octanol–water partition coefficient (Wildman–Crippen LogP) is 7.25. The van der Waals surface area contributed by atoms with Crippen molar-refractivity contribution in [3.8, 4) is 11.3 Å². The van der Waals surface area contributed by atoms with E-state index in [9.17, 15) is 0 Å². The second kappa shape index (κ2) is 6.39. The Hall–Kier alpha value is -2.78. The standard InChI is InChI=1S/C25H22N2S/c1-25(2,3)14-16-8-11-20-21(12-16)28-24-22(26-15-27-23(20)24)19-10-9-17-6-4-5-7-18(17)13-19/h4-13,15H,14H2,1-3H3/i9D,10D. The van der Waals surface area contributed by atoms with Crippen molar-refractivity contribution >= 4 is 42.4 Å². The minimum Gasteiger partial charge on any atom is -0.235 e. The molecule has 0 aliphatic carbocycles. The number of benzene rings is 3. The largest absolute Gasteiger partial charge is 0.235 e. The van der Waals surface area contributed by atoms with Gasteiger partial charge in [-0.3, -0.25) is 0 Å². The highest BCUT2D eigenvalue weighted by molar-refractivity contribution is 7.26. The molecule has 2 nitrogen and oxygen atoms in total. The molecule has 5 rings (SSSR count). The molecule has 28 heavy (non-hydrogen) atoms. The molecule has 0 radical (unpaired) electrons. The predicted molar refractivity (Wildman–Crippen MR) is 121 cm³/mol. The first-order valence-electron chi connectivity index (χ1n) is 10.5.